The number of nitrogens with one attached hydrogen (secondary N) is 1. The lowest BCUT2D eigenvalue weighted by atomic mass is 9.82. The molecule has 1 fully saturated rings. The third kappa shape index (κ3) is 2.90. The van der Waals surface area contributed by atoms with Gasteiger partial charge in [0.2, 0.25) is 5.91 Å². The van der Waals surface area contributed by atoms with Gasteiger partial charge in [0.15, 0.2) is 0 Å². The molecule has 2 unspecified atom stereocenters. The van der Waals surface area contributed by atoms with Gasteiger partial charge in [-0.15, -0.1) is 0 Å². The first-order chi connectivity index (χ1) is 8.70. The maximum absolute atomic E-state index is 12.4. The molecule has 1 saturated heterocycles. The number of amides is 1. The summed E-state index contributed by atoms with van der Waals surface area (Å²) in [5.74, 6) is -1.79. The summed E-state index contributed by atoms with van der Waals surface area (Å²) in [6.45, 7) is 3.15. The van der Waals surface area contributed by atoms with E-state index in [1.54, 1.807) is 0 Å². The number of nitrogens with zero attached hydrogens (tertiary/aromatic N) is 1. The van der Waals surface area contributed by atoms with Crippen LogP contribution in [0.25, 0.3) is 0 Å². The zero-order chi connectivity index (χ0) is 13.0. The van der Waals surface area contributed by atoms with Crippen molar-refractivity contribution in [3.8, 4) is 0 Å². The highest BCUT2D eigenvalue weighted by Crippen LogP contribution is 2.27. The van der Waals surface area contributed by atoms with E-state index in [0.29, 0.717) is 19.4 Å². The van der Waals surface area contributed by atoms with Gasteiger partial charge < -0.3 is 15.3 Å². The number of carboxylic acid groups (broad SMARTS) is 1. The molecule has 0 bridgehead atoms. The molecule has 2 atom stereocenters. The molecule has 100 valence electrons. The Bertz CT molecular complexity index is 346. The third-order valence-corrected chi connectivity index (χ3v) is 3.72. The van der Waals surface area contributed by atoms with Crippen molar-refractivity contribution in [2.45, 2.75) is 19.3 Å². The van der Waals surface area contributed by atoms with E-state index in [4.69, 9.17) is 0 Å². The fraction of sp³-hybridized carbons (Fsp3) is 0.692. The maximum atomic E-state index is 12.4. The molecule has 0 saturated carbocycles. The highest BCUT2D eigenvalue weighted by molar-refractivity contribution is 5.85. The number of hydrogen-bond donors (Lipinski definition) is 2. The first-order valence-electron chi connectivity index (χ1n) is 6.57. The van der Waals surface area contributed by atoms with Crippen LogP contribution in [-0.4, -0.2) is 48.1 Å². The number of carbonyl (C=O) groups excluding carboxylic acids is 1. The van der Waals surface area contributed by atoms with Crippen molar-refractivity contribution in [1.82, 2.24) is 10.2 Å². The van der Waals surface area contributed by atoms with Gasteiger partial charge in [0.05, 0.1) is 11.8 Å². The van der Waals surface area contributed by atoms with Gasteiger partial charge in [-0.3, -0.25) is 9.59 Å². The number of carboxylic acids is 1. The van der Waals surface area contributed by atoms with Gasteiger partial charge in [-0.2, -0.15) is 0 Å². The summed E-state index contributed by atoms with van der Waals surface area (Å²) in [4.78, 5) is 25.4. The molecule has 1 amide bonds. The molecule has 0 radical (unpaired) electrons. The van der Waals surface area contributed by atoms with Crippen LogP contribution in [0.15, 0.2) is 12.2 Å². The van der Waals surface area contributed by atoms with Crippen molar-refractivity contribution < 1.29 is 14.7 Å². The lowest BCUT2D eigenvalue weighted by Gasteiger charge is -2.30. The van der Waals surface area contributed by atoms with Crippen LogP contribution < -0.4 is 5.32 Å². The van der Waals surface area contributed by atoms with Crippen molar-refractivity contribution in [1.29, 1.82) is 0 Å². The van der Waals surface area contributed by atoms with E-state index in [0.717, 1.165) is 26.1 Å². The number of allylic oxidation sites excluding steroid dienone is 2. The fourth-order valence-electron chi connectivity index (χ4n) is 2.66. The molecule has 0 aromatic carbocycles. The number of hydrogen-bond acceptors (Lipinski definition) is 3. The van der Waals surface area contributed by atoms with Crippen LogP contribution in [0.1, 0.15) is 19.3 Å². The van der Waals surface area contributed by atoms with Crippen LogP contribution in [0, 0.1) is 11.8 Å². The molecule has 2 N–H and O–H groups in total. The van der Waals surface area contributed by atoms with Crippen molar-refractivity contribution in [3.63, 3.8) is 0 Å². The molecular weight excluding hydrogens is 232 g/mol. The topological polar surface area (TPSA) is 69.6 Å². The summed E-state index contributed by atoms with van der Waals surface area (Å²) in [6, 6.07) is 0. The molecule has 0 spiro atoms. The molecule has 0 aromatic heterocycles. The van der Waals surface area contributed by atoms with Gasteiger partial charge in [0, 0.05) is 19.6 Å². The monoisotopic (exact) mass is 252 g/mol. The normalized spacial score (nSPS) is 28.8. The van der Waals surface area contributed by atoms with Crippen molar-refractivity contribution >= 4 is 11.9 Å². The molecule has 2 aliphatic rings. The van der Waals surface area contributed by atoms with Gasteiger partial charge in [-0.1, -0.05) is 12.2 Å². The highest BCUT2D eigenvalue weighted by atomic mass is 16.4. The Labute approximate surface area is 107 Å². The van der Waals surface area contributed by atoms with Gasteiger partial charge in [-0.25, -0.2) is 0 Å². The Kier molecular flexibility index (Phi) is 4.36. The predicted molar refractivity (Wildman–Crippen MR) is 67.1 cm³/mol. The van der Waals surface area contributed by atoms with Crippen LogP contribution in [0.4, 0.5) is 0 Å². The van der Waals surface area contributed by atoms with E-state index in [1.807, 2.05) is 17.1 Å². The number of carbonyl (C=O) groups is 2. The van der Waals surface area contributed by atoms with Crippen LogP contribution in [0.2, 0.25) is 0 Å². The second kappa shape index (κ2) is 6.00. The van der Waals surface area contributed by atoms with Gasteiger partial charge >= 0.3 is 5.97 Å². The molecule has 1 aliphatic heterocycles. The third-order valence-electron chi connectivity index (χ3n) is 3.72. The molecule has 18 heavy (non-hydrogen) atoms. The largest absolute Gasteiger partial charge is 0.481 e. The molecule has 2 rings (SSSR count). The van der Waals surface area contributed by atoms with Gasteiger partial charge in [0.25, 0.3) is 0 Å². The first-order valence-corrected chi connectivity index (χ1v) is 6.57. The van der Waals surface area contributed by atoms with Crippen molar-refractivity contribution in [2.24, 2.45) is 11.8 Å². The van der Waals surface area contributed by atoms with Crippen LogP contribution in [-0.2, 0) is 9.59 Å². The highest BCUT2D eigenvalue weighted by Gasteiger charge is 2.36. The summed E-state index contributed by atoms with van der Waals surface area (Å²) in [7, 11) is 0. The second-order valence-electron chi connectivity index (χ2n) is 4.92. The van der Waals surface area contributed by atoms with E-state index in [2.05, 4.69) is 5.32 Å². The SMILES string of the molecule is O=C(O)C1CC=CCC1C(=O)N1CCCNCC1. The van der Waals surface area contributed by atoms with E-state index < -0.39 is 11.9 Å². The summed E-state index contributed by atoms with van der Waals surface area (Å²) in [5.41, 5.74) is 0. The number of aliphatic carboxylic acids is 1. The molecule has 1 aliphatic carbocycles. The fourth-order valence-corrected chi connectivity index (χ4v) is 2.66. The van der Waals surface area contributed by atoms with Crippen LogP contribution in [0.3, 0.4) is 0 Å². The van der Waals surface area contributed by atoms with E-state index >= 15 is 0 Å². The van der Waals surface area contributed by atoms with Gasteiger partial charge in [0.1, 0.15) is 0 Å². The average Bonchev–Trinajstić information content (AvgIpc) is 2.66. The standard InChI is InChI=1S/C13H20N2O3/c16-12(15-8-3-6-14-7-9-15)10-4-1-2-5-11(10)13(17)18/h1-2,10-11,14H,3-9H2,(H,17,18). The van der Waals surface area contributed by atoms with Crippen LogP contribution in [0.5, 0.6) is 0 Å². The lowest BCUT2D eigenvalue weighted by Crippen LogP contribution is -2.43. The van der Waals surface area contributed by atoms with E-state index in [-0.39, 0.29) is 11.8 Å². The Hall–Kier alpha value is -1.36. The molecule has 5 heteroatoms. The van der Waals surface area contributed by atoms with E-state index in [1.165, 1.54) is 0 Å². The summed E-state index contributed by atoms with van der Waals surface area (Å²) < 4.78 is 0. The molecule has 5 nitrogen and oxygen atoms in total. The van der Waals surface area contributed by atoms with E-state index in [9.17, 15) is 14.7 Å². The maximum Gasteiger partial charge on any atom is 0.307 e. The van der Waals surface area contributed by atoms with Gasteiger partial charge in [-0.05, 0) is 25.8 Å². The minimum absolute atomic E-state index is 0.00968. The Morgan fingerprint density at radius 2 is 1.83 bits per heavy atom. The zero-order valence-electron chi connectivity index (χ0n) is 10.5. The minimum atomic E-state index is -0.856. The molecule has 0 aromatic rings. The zero-order valence-corrected chi connectivity index (χ0v) is 10.5. The molecular formula is C13H20N2O3. The Morgan fingerprint density at radius 1 is 1.11 bits per heavy atom. The summed E-state index contributed by atoms with van der Waals surface area (Å²) in [6.07, 6.45) is 5.76. The smallest absolute Gasteiger partial charge is 0.307 e. The summed E-state index contributed by atoms with van der Waals surface area (Å²) >= 11 is 0. The predicted octanol–water partition coefficient (Wildman–Crippen LogP) is 0.475. The quantitative estimate of drug-likeness (QED) is 0.701. The second-order valence-corrected chi connectivity index (χ2v) is 4.92. The van der Waals surface area contributed by atoms with Crippen LogP contribution >= 0.6 is 0 Å². The van der Waals surface area contributed by atoms with Crippen molar-refractivity contribution in [3.05, 3.63) is 12.2 Å². The number of rotatable bonds is 2. The first kappa shape index (κ1) is 13.1. The average molecular weight is 252 g/mol. The Morgan fingerprint density at radius 3 is 2.56 bits per heavy atom. The summed E-state index contributed by atoms with van der Waals surface area (Å²) in [5, 5.41) is 12.4. The lowest BCUT2D eigenvalue weighted by molar-refractivity contribution is -0.150. The van der Waals surface area contributed by atoms with Crippen molar-refractivity contribution in [2.75, 3.05) is 26.2 Å². The molecule has 1 heterocycles. The Balaban J connectivity index is 2.05. The minimum Gasteiger partial charge on any atom is -0.481 e.